The predicted octanol–water partition coefficient (Wildman–Crippen LogP) is 3.67. The molecule has 27 heavy (non-hydrogen) atoms. The van der Waals surface area contributed by atoms with Gasteiger partial charge in [-0.05, 0) is 23.6 Å². The summed E-state index contributed by atoms with van der Waals surface area (Å²) in [4.78, 5) is 24.7. The number of benzene rings is 2. The lowest BCUT2D eigenvalue weighted by atomic mass is 10.1. The number of fused-ring (bicyclic) bond motifs is 1. The maximum atomic E-state index is 12.6. The Morgan fingerprint density at radius 1 is 0.963 bits per heavy atom. The molecule has 0 aliphatic carbocycles. The number of aryl methyl sites for hydroxylation is 1. The van der Waals surface area contributed by atoms with Gasteiger partial charge in [0.2, 0.25) is 0 Å². The lowest BCUT2D eigenvalue weighted by Gasteiger charge is -2.07. The number of anilines is 2. The lowest BCUT2D eigenvalue weighted by Crippen LogP contribution is -2.13. The minimum atomic E-state index is -0.413. The van der Waals surface area contributed by atoms with Crippen molar-refractivity contribution in [3.05, 3.63) is 78.4 Å². The number of hydrogen-bond donors (Lipinski definition) is 2. The Bertz CT molecular complexity index is 1120. The molecule has 2 N–H and O–H groups in total. The van der Waals surface area contributed by atoms with E-state index in [4.69, 9.17) is 4.42 Å². The number of nitrogens with zero attached hydrogens (tertiary/aromatic N) is 2. The zero-order chi connectivity index (χ0) is 18.8. The van der Waals surface area contributed by atoms with Gasteiger partial charge in [-0.25, -0.2) is 0 Å². The second kappa shape index (κ2) is 6.80. The quantitative estimate of drug-likeness (QED) is 0.581. The number of amides is 2. The summed E-state index contributed by atoms with van der Waals surface area (Å²) in [6.45, 7) is 0. The minimum Gasteiger partial charge on any atom is -0.459 e. The number of rotatable bonds is 4. The van der Waals surface area contributed by atoms with Gasteiger partial charge in [0.15, 0.2) is 11.5 Å². The van der Waals surface area contributed by atoms with E-state index in [1.807, 2.05) is 42.5 Å². The van der Waals surface area contributed by atoms with E-state index < -0.39 is 5.91 Å². The Kier molecular flexibility index (Phi) is 4.18. The lowest BCUT2D eigenvalue weighted by molar-refractivity contribution is 0.0993. The molecule has 2 amide bonds. The van der Waals surface area contributed by atoms with Crippen LogP contribution < -0.4 is 10.6 Å². The summed E-state index contributed by atoms with van der Waals surface area (Å²) in [6.07, 6.45) is 1.42. The summed E-state index contributed by atoms with van der Waals surface area (Å²) in [6, 6.07) is 18.2. The average Bonchev–Trinajstić information content (AvgIpc) is 3.33. The van der Waals surface area contributed by atoms with Crippen molar-refractivity contribution in [2.75, 3.05) is 10.6 Å². The van der Waals surface area contributed by atoms with Gasteiger partial charge in [-0.15, -0.1) is 0 Å². The van der Waals surface area contributed by atoms with E-state index in [-0.39, 0.29) is 17.4 Å². The number of carbonyl (C=O) groups is 2. The van der Waals surface area contributed by atoms with Crippen molar-refractivity contribution in [3.8, 4) is 0 Å². The van der Waals surface area contributed by atoms with Crippen molar-refractivity contribution in [1.82, 2.24) is 9.78 Å². The molecule has 2 aromatic heterocycles. The van der Waals surface area contributed by atoms with Gasteiger partial charge in [-0.3, -0.25) is 14.3 Å². The van der Waals surface area contributed by atoms with E-state index in [0.29, 0.717) is 11.5 Å². The van der Waals surface area contributed by atoms with Crippen LogP contribution in [0.2, 0.25) is 0 Å². The fourth-order valence-electron chi connectivity index (χ4n) is 2.80. The molecule has 7 nitrogen and oxygen atoms in total. The van der Waals surface area contributed by atoms with Crippen LogP contribution >= 0.6 is 0 Å². The summed E-state index contributed by atoms with van der Waals surface area (Å²) in [5.41, 5.74) is 0.894. The van der Waals surface area contributed by atoms with Gasteiger partial charge in [0.25, 0.3) is 11.8 Å². The highest BCUT2D eigenvalue weighted by Crippen LogP contribution is 2.23. The summed E-state index contributed by atoms with van der Waals surface area (Å²) in [5.74, 6) is -0.207. The van der Waals surface area contributed by atoms with Crippen LogP contribution in [0.25, 0.3) is 10.8 Å². The van der Waals surface area contributed by atoms with Crippen LogP contribution in [0, 0.1) is 0 Å². The van der Waals surface area contributed by atoms with Crippen molar-refractivity contribution < 1.29 is 14.0 Å². The van der Waals surface area contributed by atoms with E-state index in [1.165, 1.54) is 17.0 Å². The van der Waals surface area contributed by atoms with Crippen LogP contribution in [-0.4, -0.2) is 21.6 Å². The number of furan rings is 1. The fourth-order valence-corrected chi connectivity index (χ4v) is 2.80. The van der Waals surface area contributed by atoms with E-state index in [2.05, 4.69) is 15.7 Å². The summed E-state index contributed by atoms with van der Waals surface area (Å²) < 4.78 is 6.49. The van der Waals surface area contributed by atoms with Gasteiger partial charge < -0.3 is 15.1 Å². The molecular formula is C20H16N4O3. The van der Waals surface area contributed by atoms with Crippen LogP contribution in [-0.2, 0) is 7.05 Å². The molecule has 0 radical (unpaired) electrons. The third kappa shape index (κ3) is 3.30. The summed E-state index contributed by atoms with van der Waals surface area (Å²) in [7, 11) is 1.65. The monoisotopic (exact) mass is 360 g/mol. The molecular weight excluding hydrogens is 344 g/mol. The van der Waals surface area contributed by atoms with Crippen molar-refractivity contribution in [3.63, 3.8) is 0 Å². The zero-order valence-electron chi connectivity index (χ0n) is 14.5. The van der Waals surface area contributed by atoms with Crippen molar-refractivity contribution in [1.29, 1.82) is 0 Å². The number of carbonyl (C=O) groups excluding carboxylic acids is 2. The molecule has 0 unspecified atom stereocenters. The van der Waals surface area contributed by atoms with E-state index >= 15 is 0 Å². The smallest absolute Gasteiger partial charge is 0.292 e. The van der Waals surface area contributed by atoms with Crippen molar-refractivity contribution >= 4 is 34.1 Å². The molecule has 2 aromatic carbocycles. The normalized spacial score (nSPS) is 10.7. The van der Waals surface area contributed by atoms with E-state index in [1.54, 1.807) is 19.2 Å². The van der Waals surface area contributed by atoms with Crippen molar-refractivity contribution in [2.45, 2.75) is 0 Å². The van der Waals surface area contributed by atoms with Gasteiger partial charge in [-0.1, -0.05) is 36.4 Å². The molecule has 0 saturated heterocycles. The van der Waals surface area contributed by atoms with Crippen LogP contribution in [0.15, 0.2) is 71.3 Å². The second-order valence-electron chi connectivity index (χ2n) is 5.95. The van der Waals surface area contributed by atoms with Gasteiger partial charge in [0, 0.05) is 24.2 Å². The minimum absolute atomic E-state index is 0.179. The molecule has 4 rings (SSSR count). The molecule has 0 atom stereocenters. The maximum Gasteiger partial charge on any atom is 0.292 e. The van der Waals surface area contributed by atoms with Crippen LogP contribution in [0.4, 0.5) is 11.5 Å². The first kappa shape index (κ1) is 16.6. The standard InChI is InChI=1S/C20H16N4O3/c1-24-18(22-20(26)17-10-5-11-27-17)12-16(23-24)19(25)21-15-9-4-7-13-6-2-3-8-14(13)15/h2-12H,1H3,(H,21,25)(H,22,26). The summed E-state index contributed by atoms with van der Waals surface area (Å²) in [5, 5.41) is 11.7. The molecule has 0 saturated carbocycles. The van der Waals surface area contributed by atoms with Gasteiger partial charge in [0.1, 0.15) is 5.82 Å². The van der Waals surface area contributed by atoms with Crippen molar-refractivity contribution in [2.24, 2.45) is 7.05 Å². The first-order chi connectivity index (χ1) is 13.1. The number of hydrogen-bond acceptors (Lipinski definition) is 4. The highest BCUT2D eigenvalue weighted by Gasteiger charge is 2.17. The second-order valence-corrected chi connectivity index (χ2v) is 5.95. The molecule has 4 aromatic rings. The van der Waals surface area contributed by atoms with E-state index in [9.17, 15) is 9.59 Å². The number of aromatic nitrogens is 2. The van der Waals surface area contributed by atoms with E-state index in [0.717, 1.165) is 10.8 Å². The van der Waals surface area contributed by atoms with Crippen LogP contribution in [0.3, 0.4) is 0 Å². The SMILES string of the molecule is Cn1nc(C(=O)Nc2cccc3ccccc23)cc1NC(=O)c1ccco1. The largest absolute Gasteiger partial charge is 0.459 e. The maximum absolute atomic E-state index is 12.6. The Hall–Kier alpha value is -3.87. The first-order valence-electron chi connectivity index (χ1n) is 8.30. The molecule has 134 valence electrons. The molecule has 2 heterocycles. The predicted molar refractivity (Wildman–Crippen MR) is 102 cm³/mol. The van der Waals surface area contributed by atoms with Gasteiger partial charge in [-0.2, -0.15) is 5.10 Å². The third-order valence-electron chi connectivity index (χ3n) is 4.14. The molecule has 0 fully saturated rings. The Morgan fingerprint density at radius 3 is 2.59 bits per heavy atom. The molecule has 0 aliphatic heterocycles. The topological polar surface area (TPSA) is 89.2 Å². The molecule has 7 heteroatoms. The average molecular weight is 360 g/mol. The fraction of sp³-hybridized carbons (Fsp3) is 0.0500. The summed E-state index contributed by atoms with van der Waals surface area (Å²) >= 11 is 0. The van der Waals surface area contributed by atoms with Gasteiger partial charge in [0.05, 0.1) is 6.26 Å². The van der Waals surface area contributed by atoms with Crippen LogP contribution in [0.5, 0.6) is 0 Å². The highest BCUT2D eigenvalue weighted by atomic mass is 16.3. The Balaban J connectivity index is 1.55. The Morgan fingerprint density at radius 2 is 1.78 bits per heavy atom. The highest BCUT2D eigenvalue weighted by molar-refractivity contribution is 6.09. The number of nitrogens with one attached hydrogen (secondary N) is 2. The van der Waals surface area contributed by atoms with Gasteiger partial charge >= 0.3 is 0 Å². The zero-order valence-corrected chi connectivity index (χ0v) is 14.5. The third-order valence-corrected chi connectivity index (χ3v) is 4.14. The Labute approximate surface area is 154 Å². The molecule has 0 spiro atoms. The molecule has 0 bridgehead atoms. The molecule has 0 aliphatic rings. The first-order valence-corrected chi connectivity index (χ1v) is 8.30. The van der Waals surface area contributed by atoms with Crippen LogP contribution in [0.1, 0.15) is 21.0 Å².